The fourth-order valence-electron chi connectivity index (χ4n) is 2.02. The Morgan fingerprint density at radius 2 is 2.19 bits per heavy atom. The molecule has 1 rings (SSSR count). The number of likely N-dealkylation sites (tertiary alicyclic amines) is 1. The van der Waals surface area contributed by atoms with Crippen molar-refractivity contribution in [1.29, 1.82) is 0 Å². The van der Waals surface area contributed by atoms with Gasteiger partial charge in [-0.3, -0.25) is 9.59 Å². The van der Waals surface area contributed by atoms with Crippen molar-refractivity contribution in [3.05, 3.63) is 0 Å². The molecule has 1 fully saturated rings. The molecule has 0 radical (unpaired) electrons. The second-order valence-corrected chi connectivity index (χ2v) is 4.52. The highest BCUT2D eigenvalue weighted by atomic mass is 16.2. The van der Waals surface area contributed by atoms with Gasteiger partial charge in [-0.05, 0) is 19.8 Å². The van der Waals surface area contributed by atoms with Crippen LogP contribution in [0.4, 0.5) is 0 Å². The minimum atomic E-state index is -0.455. The topological polar surface area (TPSA) is 66.6 Å². The van der Waals surface area contributed by atoms with Crippen molar-refractivity contribution in [2.75, 3.05) is 20.1 Å². The average Bonchev–Trinajstić information content (AvgIpc) is 2.64. The lowest BCUT2D eigenvalue weighted by Crippen LogP contribution is -2.48. The summed E-state index contributed by atoms with van der Waals surface area (Å²) in [5.41, 5.74) is 5.60. The monoisotopic (exact) mass is 227 g/mol. The smallest absolute Gasteiger partial charge is 0.239 e. The van der Waals surface area contributed by atoms with Gasteiger partial charge in [0.25, 0.3) is 0 Å². The normalized spacial score (nSPS) is 22.0. The fourth-order valence-corrected chi connectivity index (χ4v) is 2.02. The summed E-state index contributed by atoms with van der Waals surface area (Å²) in [5, 5.41) is 0. The van der Waals surface area contributed by atoms with Gasteiger partial charge < -0.3 is 15.5 Å². The minimum Gasteiger partial charge on any atom is -0.344 e. The molecule has 0 saturated carbocycles. The van der Waals surface area contributed by atoms with Crippen LogP contribution in [0.1, 0.15) is 26.7 Å². The summed E-state index contributed by atoms with van der Waals surface area (Å²) < 4.78 is 0. The molecule has 2 N–H and O–H groups in total. The van der Waals surface area contributed by atoms with Crippen molar-refractivity contribution in [3.8, 4) is 0 Å². The van der Waals surface area contributed by atoms with E-state index in [4.69, 9.17) is 5.73 Å². The quantitative estimate of drug-likeness (QED) is 0.726. The number of nitrogens with two attached hydrogens (primary N) is 1. The van der Waals surface area contributed by atoms with Gasteiger partial charge in [-0.1, -0.05) is 0 Å². The molecule has 0 spiro atoms. The number of rotatable bonds is 3. The van der Waals surface area contributed by atoms with Crippen LogP contribution >= 0.6 is 0 Å². The van der Waals surface area contributed by atoms with Gasteiger partial charge in [-0.2, -0.15) is 0 Å². The molecule has 1 aliphatic rings. The highest BCUT2D eigenvalue weighted by Gasteiger charge is 2.31. The molecule has 2 amide bonds. The fraction of sp³-hybridized carbons (Fsp3) is 0.818. The Labute approximate surface area is 96.6 Å². The largest absolute Gasteiger partial charge is 0.344 e. The van der Waals surface area contributed by atoms with E-state index >= 15 is 0 Å². The molecule has 1 heterocycles. The summed E-state index contributed by atoms with van der Waals surface area (Å²) in [6, 6.07) is -0.323. The van der Waals surface area contributed by atoms with Crippen LogP contribution in [0.2, 0.25) is 0 Å². The lowest BCUT2D eigenvalue weighted by molar-refractivity contribution is -0.135. The molecule has 2 atom stereocenters. The zero-order chi connectivity index (χ0) is 12.3. The van der Waals surface area contributed by atoms with Gasteiger partial charge in [-0.25, -0.2) is 0 Å². The Hall–Kier alpha value is -1.10. The van der Waals surface area contributed by atoms with Crippen molar-refractivity contribution in [2.45, 2.75) is 38.8 Å². The third-order valence-electron chi connectivity index (χ3n) is 3.07. The Bertz CT molecular complexity index is 278. The van der Waals surface area contributed by atoms with E-state index in [1.807, 2.05) is 4.90 Å². The maximum absolute atomic E-state index is 11.8. The van der Waals surface area contributed by atoms with Gasteiger partial charge in [0.15, 0.2) is 0 Å². The van der Waals surface area contributed by atoms with Crippen LogP contribution in [0.5, 0.6) is 0 Å². The van der Waals surface area contributed by atoms with E-state index in [0.717, 1.165) is 19.4 Å². The molecule has 1 aliphatic heterocycles. The highest BCUT2D eigenvalue weighted by molar-refractivity contribution is 5.82. The lowest BCUT2D eigenvalue weighted by Gasteiger charge is -2.29. The van der Waals surface area contributed by atoms with Gasteiger partial charge in [0.1, 0.15) is 0 Å². The van der Waals surface area contributed by atoms with Crippen LogP contribution in [-0.2, 0) is 9.59 Å². The first-order chi connectivity index (χ1) is 7.43. The van der Waals surface area contributed by atoms with Crippen LogP contribution in [0.25, 0.3) is 0 Å². The number of carbonyl (C=O) groups excluding carboxylic acids is 2. The third kappa shape index (κ3) is 2.95. The van der Waals surface area contributed by atoms with Gasteiger partial charge >= 0.3 is 0 Å². The maximum atomic E-state index is 11.8. The van der Waals surface area contributed by atoms with Crippen LogP contribution in [0, 0.1) is 0 Å². The van der Waals surface area contributed by atoms with Gasteiger partial charge in [-0.15, -0.1) is 0 Å². The third-order valence-corrected chi connectivity index (χ3v) is 3.07. The average molecular weight is 227 g/mol. The maximum Gasteiger partial charge on any atom is 0.239 e. The predicted molar refractivity (Wildman–Crippen MR) is 61.7 cm³/mol. The van der Waals surface area contributed by atoms with E-state index in [1.165, 1.54) is 6.92 Å². The van der Waals surface area contributed by atoms with Crippen molar-refractivity contribution >= 4 is 11.8 Å². The zero-order valence-corrected chi connectivity index (χ0v) is 10.3. The number of hydrogen-bond acceptors (Lipinski definition) is 3. The molecular formula is C11H21N3O2. The summed E-state index contributed by atoms with van der Waals surface area (Å²) in [7, 11) is 1.76. The summed E-state index contributed by atoms with van der Waals surface area (Å²) in [4.78, 5) is 26.4. The summed E-state index contributed by atoms with van der Waals surface area (Å²) >= 11 is 0. The van der Waals surface area contributed by atoms with Crippen molar-refractivity contribution in [2.24, 2.45) is 5.73 Å². The van der Waals surface area contributed by atoms with Gasteiger partial charge in [0, 0.05) is 33.1 Å². The number of likely N-dealkylation sites (N-methyl/N-ethyl adjacent to an activating group) is 1. The summed E-state index contributed by atoms with van der Waals surface area (Å²) in [6.45, 7) is 4.60. The van der Waals surface area contributed by atoms with Crippen LogP contribution in [0.15, 0.2) is 0 Å². The van der Waals surface area contributed by atoms with Gasteiger partial charge in [0.2, 0.25) is 11.8 Å². The molecule has 0 aromatic rings. The minimum absolute atomic E-state index is 0.0144. The van der Waals surface area contributed by atoms with E-state index in [2.05, 4.69) is 0 Å². The summed E-state index contributed by atoms with van der Waals surface area (Å²) in [6.07, 6.45) is 1.95. The Morgan fingerprint density at radius 1 is 1.56 bits per heavy atom. The van der Waals surface area contributed by atoms with E-state index in [9.17, 15) is 9.59 Å². The van der Waals surface area contributed by atoms with E-state index in [-0.39, 0.29) is 17.9 Å². The molecule has 5 nitrogen and oxygen atoms in total. The van der Waals surface area contributed by atoms with Crippen LogP contribution in [0.3, 0.4) is 0 Å². The van der Waals surface area contributed by atoms with E-state index in [1.54, 1.807) is 18.9 Å². The summed E-state index contributed by atoms with van der Waals surface area (Å²) in [5.74, 6) is 0.0135. The SMILES string of the molecule is CC(=O)N(C)CC1CCCN1C(=O)[C@H](C)N. The number of carbonyl (C=O) groups is 2. The molecule has 0 aromatic heterocycles. The first-order valence-electron chi connectivity index (χ1n) is 5.71. The standard InChI is InChI=1S/C11H21N3O2/c1-8(12)11(16)14-6-4-5-10(14)7-13(3)9(2)15/h8,10H,4-7,12H2,1-3H3/t8-,10?/m0/s1. The molecule has 1 saturated heterocycles. The molecule has 0 aliphatic carbocycles. The molecule has 0 bridgehead atoms. The molecule has 0 aromatic carbocycles. The lowest BCUT2D eigenvalue weighted by atomic mass is 10.2. The van der Waals surface area contributed by atoms with Crippen molar-refractivity contribution < 1.29 is 9.59 Å². The second-order valence-electron chi connectivity index (χ2n) is 4.52. The predicted octanol–water partition coefficient (Wildman–Crippen LogP) is -0.197. The van der Waals surface area contributed by atoms with Crippen molar-refractivity contribution in [3.63, 3.8) is 0 Å². The molecule has 92 valence electrons. The van der Waals surface area contributed by atoms with E-state index in [0.29, 0.717) is 6.54 Å². The van der Waals surface area contributed by atoms with E-state index < -0.39 is 6.04 Å². The second kappa shape index (κ2) is 5.30. The number of nitrogens with zero attached hydrogens (tertiary/aromatic N) is 2. The Morgan fingerprint density at radius 3 is 2.69 bits per heavy atom. The molecule has 1 unspecified atom stereocenters. The molecule has 5 heteroatoms. The van der Waals surface area contributed by atoms with Crippen molar-refractivity contribution in [1.82, 2.24) is 9.80 Å². The Kier molecular flexibility index (Phi) is 4.29. The Balaban J connectivity index is 2.59. The molecular weight excluding hydrogens is 206 g/mol. The van der Waals surface area contributed by atoms with Crippen LogP contribution in [-0.4, -0.2) is 53.8 Å². The highest BCUT2D eigenvalue weighted by Crippen LogP contribution is 2.18. The molecule has 16 heavy (non-hydrogen) atoms. The van der Waals surface area contributed by atoms with Gasteiger partial charge in [0.05, 0.1) is 6.04 Å². The first-order valence-corrected chi connectivity index (χ1v) is 5.71. The first kappa shape index (κ1) is 13.0. The van der Waals surface area contributed by atoms with Crippen LogP contribution < -0.4 is 5.73 Å². The number of hydrogen-bond donors (Lipinski definition) is 1. The number of amides is 2. The zero-order valence-electron chi connectivity index (χ0n) is 10.3.